The number of rotatable bonds is 6. The molecule has 1 aromatic carbocycles. The van der Waals surface area contributed by atoms with E-state index in [1.54, 1.807) is 19.2 Å². The number of carbonyl (C=O) groups is 1. The molecular formula is C13H18O3. The molecule has 1 rings (SSSR count). The molecule has 0 atom stereocenters. The lowest BCUT2D eigenvalue weighted by Crippen LogP contribution is -2.08. The van der Waals surface area contributed by atoms with E-state index in [1.165, 1.54) is 0 Å². The van der Waals surface area contributed by atoms with Crippen molar-refractivity contribution in [1.82, 2.24) is 0 Å². The lowest BCUT2D eigenvalue weighted by molar-refractivity contribution is -0.134. The second-order valence-electron chi connectivity index (χ2n) is 3.58. The van der Waals surface area contributed by atoms with Gasteiger partial charge in [0, 0.05) is 6.42 Å². The summed E-state index contributed by atoms with van der Waals surface area (Å²) in [5.41, 5.74) is 0. The second kappa shape index (κ2) is 6.88. The van der Waals surface area contributed by atoms with Crippen LogP contribution in [0.3, 0.4) is 0 Å². The van der Waals surface area contributed by atoms with E-state index < -0.39 is 0 Å². The van der Waals surface area contributed by atoms with E-state index in [-0.39, 0.29) is 5.97 Å². The molecule has 0 aliphatic rings. The Morgan fingerprint density at radius 3 is 2.50 bits per heavy atom. The van der Waals surface area contributed by atoms with Gasteiger partial charge in [0.05, 0.1) is 7.11 Å². The number of methoxy groups -OCH3 is 1. The van der Waals surface area contributed by atoms with Crippen molar-refractivity contribution >= 4 is 5.97 Å². The molecule has 1 aromatic rings. The number of benzene rings is 1. The lowest BCUT2D eigenvalue weighted by Gasteiger charge is -2.08. The fraction of sp³-hybridized carbons (Fsp3) is 0.462. The van der Waals surface area contributed by atoms with Crippen LogP contribution < -0.4 is 9.47 Å². The Morgan fingerprint density at radius 1 is 1.19 bits per heavy atom. The number of para-hydroxylation sites is 2. The molecular weight excluding hydrogens is 204 g/mol. The molecule has 0 unspecified atom stereocenters. The zero-order valence-electron chi connectivity index (χ0n) is 9.86. The van der Waals surface area contributed by atoms with E-state index in [0.29, 0.717) is 17.9 Å². The normalized spacial score (nSPS) is 9.88. The van der Waals surface area contributed by atoms with Gasteiger partial charge in [-0.1, -0.05) is 31.9 Å². The van der Waals surface area contributed by atoms with Crippen LogP contribution in [0.15, 0.2) is 24.3 Å². The molecule has 0 amide bonds. The first kappa shape index (κ1) is 12.6. The van der Waals surface area contributed by atoms with Gasteiger partial charge < -0.3 is 9.47 Å². The van der Waals surface area contributed by atoms with Crippen LogP contribution in [0.1, 0.15) is 32.6 Å². The van der Waals surface area contributed by atoms with Crippen molar-refractivity contribution in [2.24, 2.45) is 0 Å². The highest BCUT2D eigenvalue weighted by molar-refractivity contribution is 5.73. The van der Waals surface area contributed by atoms with E-state index in [2.05, 4.69) is 6.92 Å². The zero-order valence-corrected chi connectivity index (χ0v) is 9.86. The molecule has 88 valence electrons. The number of hydrogen-bond donors (Lipinski definition) is 0. The zero-order chi connectivity index (χ0) is 11.8. The lowest BCUT2D eigenvalue weighted by atomic mass is 10.2. The summed E-state index contributed by atoms with van der Waals surface area (Å²) in [5.74, 6) is 0.885. The highest BCUT2D eigenvalue weighted by Gasteiger charge is 2.08. The molecule has 3 nitrogen and oxygen atoms in total. The van der Waals surface area contributed by atoms with Crippen LogP contribution in [-0.2, 0) is 4.79 Å². The molecule has 0 radical (unpaired) electrons. The number of unbranched alkanes of at least 4 members (excludes halogenated alkanes) is 2. The van der Waals surface area contributed by atoms with Gasteiger partial charge in [0.1, 0.15) is 0 Å². The summed E-state index contributed by atoms with van der Waals surface area (Å²) in [6.07, 6.45) is 3.50. The highest BCUT2D eigenvalue weighted by Crippen LogP contribution is 2.26. The van der Waals surface area contributed by atoms with Crippen molar-refractivity contribution < 1.29 is 14.3 Å². The van der Waals surface area contributed by atoms with Crippen LogP contribution in [0.2, 0.25) is 0 Å². The summed E-state index contributed by atoms with van der Waals surface area (Å²) in [4.78, 5) is 11.5. The van der Waals surface area contributed by atoms with Gasteiger partial charge >= 0.3 is 5.97 Å². The smallest absolute Gasteiger partial charge is 0.311 e. The predicted molar refractivity (Wildman–Crippen MR) is 62.8 cm³/mol. The van der Waals surface area contributed by atoms with Crippen molar-refractivity contribution in [3.05, 3.63) is 24.3 Å². The average Bonchev–Trinajstić information content (AvgIpc) is 2.30. The van der Waals surface area contributed by atoms with Crippen molar-refractivity contribution in [2.75, 3.05) is 7.11 Å². The molecule has 0 aromatic heterocycles. The summed E-state index contributed by atoms with van der Waals surface area (Å²) < 4.78 is 10.3. The Labute approximate surface area is 96.4 Å². The van der Waals surface area contributed by atoms with E-state index in [0.717, 1.165) is 19.3 Å². The summed E-state index contributed by atoms with van der Waals surface area (Å²) >= 11 is 0. The fourth-order valence-electron chi connectivity index (χ4n) is 1.40. The monoisotopic (exact) mass is 222 g/mol. The number of carbonyl (C=O) groups excluding carboxylic acids is 1. The molecule has 0 bridgehead atoms. The second-order valence-corrected chi connectivity index (χ2v) is 3.58. The van der Waals surface area contributed by atoms with E-state index in [1.807, 2.05) is 12.1 Å². The molecule has 0 saturated heterocycles. The Balaban J connectivity index is 2.49. The minimum Gasteiger partial charge on any atom is -0.493 e. The first-order valence-electron chi connectivity index (χ1n) is 5.61. The number of esters is 1. The van der Waals surface area contributed by atoms with Gasteiger partial charge in [0.25, 0.3) is 0 Å². The standard InChI is InChI=1S/C13H18O3/c1-3-4-5-10-13(14)16-12-9-7-6-8-11(12)15-2/h6-9H,3-5,10H2,1-2H3. The Kier molecular flexibility index (Phi) is 5.40. The van der Waals surface area contributed by atoms with Gasteiger partial charge in [0.2, 0.25) is 0 Å². The van der Waals surface area contributed by atoms with Gasteiger partial charge in [-0.15, -0.1) is 0 Å². The topological polar surface area (TPSA) is 35.5 Å². The van der Waals surface area contributed by atoms with Crippen LogP contribution >= 0.6 is 0 Å². The molecule has 0 aliphatic carbocycles. The summed E-state index contributed by atoms with van der Waals surface area (Å²) in [7, 11) is 1.56. The molecule has 0 fully saturated rings. The third-order valence-corrected chi connectivity index (χ3v) is 2.28. The highest BCUT2D eigenvalue weighted by atomic mass is 16.6. The van der Waals surface area contributed by atoms with Gasteiger partial charge in [-0.25, -0.2) is 0 Å². The van der Waals surface area contributed by atoms with Gasteiger partial charge in [0.15, 0.2) is 11.5 Å². The van der Waals surface area contributed by atoms with Gasteiger partial charge in [-0.3, -0.25) is 4.79 Å². The SMILES string of the molecule is CCCCCC(=O)Oc1ccccc1OC. The molecule has 3 heteroatoms. The minimum atomic E-state index is -0.196. The Morgan fingerprint density at radius 2 is 1.88 bits per heavy atom. The summed E-state index contributed by atoms with van der Waals surface area (Å²) in [6, 6.07) is 7.16. The summed E-state index contributed by atoms with van der Waals surface area (Å²) in [6.45, 7) is 2.10. The van der Waals surface area contributed by atoms with Crippen molar-refractivity contribution in [1.29, 1.82) is 0 Å². The third kappa shape index (κ3) is 3.93. The third-order valence-electron chi connectivity index (χ3n) is 2.28. The van der Waals surface area contributed by atoms with Crippen molar-refractivity contribution in [3.8, 4) is 11.5 Å². The maximum absolute atomic E-state index is 11.5. The summed E-state index contributed by atoms with van der Waals surface area (Å²) in [5, 5.41) is 0. The van der Waals surface area contributed by atoms with Crippen LogP contribution in [0.4, 0.5) is 0 Å². The molecule has 0 heterocycles. The molecule has 0 N–H and O–H groups in total. The molecule has 0 aliphatic heterocycles. The quantitative estimate of drug-likeness (QED) is 0.421. The van der Waals surface area contributed by atoms with Gasteiger partial charge in [-0.05, 0) is 18.6 Å². The minimum absolute atomic E-state index is 0.196. The van der Waals surface area contributed by atoms with Crippen LogP contribution in [-0.4, -0.2) is 13.1 Å². The predicted octanol–water partition coefficient (Wildman–Crippen LogP) is 3.18. The first-order chi connectivity index (χ1) is 7.77. The van der Waals surface area contributed by atoms with Gasteiger partial charge in [-0.2, -0.15) is 0 Å². The van der Waals surface area contributed by atoms with Crippen LogP contribution in [0, 0.1) is 0 Å². The van der Waals surface area contributed by atoms with E-state index >= 15 is 0 Å². The Hall–Kier alpha value is -1.51. The van der Waals surface area contributed by atoms with Crippen molar-refractivity contribution in [3.63, 3.8) is 0 Å². The molecule has 0 saturated carbocycles. The van der Waals surface area contributed by atoms with Crippen molar-refractivity contribution in [2.45, 2.75) is 32.6 Å². The molecule has 16 heavy (non-hydrogen) atoms. The number of hydrogen-bond acceptors (Lipinski definition) is 3. The maximum atomic E-state index is 11.5. The van der Waals surface area contributed by atoms with E-state index in [4.69, 9.17) is 9.47 Å². The van der Waals surface area contributed by atoms with E-state index in [9.17, 15) is 4.79 Å². The van der Waals surface area contributed by atoms with Crippen LogP contribution in [0.5, 0.6) is 11.5 Å². The Bertz CT molecular complexity index is 334. The largest absolute Gasteiger partial charge is 0.493 e. The molecule has 0 spiro atoms. The maximum Gasteiger partial charge on any atom is 0.311 e. The average molecular weight is 222 g/mol. The first-order valence-corrected chi connectivity index (χ1v) is 5.61. The van der Waals surface area contributed by atoms with Crippen LogP contribution in [0.25, 0.3) is 0 Å². The fourth-order valence-corrected chi connectivity index (χ4v) is 1.40. The number of ether oxygens (including phenoxy) is 2.